The van der Waals surface area contributed by atoms with Crippen LogP contribution < -0.4 is 5.73 Å². The first-order valence-corrected chi connectivity index (χ1v) is 25.2. The normalized spacial score (nSPS) is 14.1. The summed E-state index contributed by atoms with van der Waals surface area (Å²) in [5, 5.41) is 8.90. The van der Waals surface area contributed by atoms with Gasteiger partial charge < -0.3 is 25.2 Å². The van der Waals surface area contributed by atoms with Gasteiger partial charge in [-0.15, -0.1) is 0 Å². The summed E-state index contributed by atoms with van der Waals surface area (Å²) in [4.78, 5) is 46.1. The Morgan fingerprint density at radius 1 is 0.517 bits per heavy atom. The number of carboxylic acids is 1. The number of unbranched alkanes of at least 4 members (excludes halogenated alkanes) is 22. The first kappa shape index (κ1) is 57.4. The Hall–Kier alpha value is -2.56. The molecule has 0 aliphatic carbocycles. The predicted octanol–water partition coefficient (Wildman–Crippen LogP) is 13.0. The zero-order valence-corrected chi connectivity index (χ0v) is 38.7. The van der Waals surface area contributed by atoms with E-state index in [0.717, 1.165) is 70.6 Å². The Kier molecular flexibility index (Phi) is 41.3. The number of hydrogen-bond acceptors (Lipinski definition) is 9. The summed E-state index contributed by atoms with van der Waals surface area (Å²) < 4.78 is 32.8. The fourth-order valence-electron chi connectivity index (χ4n) is 6.30. The van der Waals surface area contributed by atoms with E-state index in [9.17, 15) is 23.8 Å². The van der Waals surface area contributed by atoms with Crippen LogP contribution in [0.3, 0.4) is 0 Å². The lowest BCUT2D eigenvalue weighted by Crippen LogP contribution is -2.34. The number of nitrogens with two attached hydrogens (primary N) is 1. The molecule has 0 aromatic rings. The molecule has 0 saturated heterocycles. The van der Waals surface area contributed by atoms with E-state index in [1.807, 2.05) is 0 Å². The van der Waals surface area contributed by atoms with Crippen LogP contribution in [0.15, 0.2) is 48.6 Å². The minimum Gasteiger partial charge on any atom is -0.480 e. The molecule has 1 unspecified atom stereocenters. The van der Waals surface area contributed by atoms with Crippen LogP contribution in [0.25, 0.3) is 0 Å². The standard InChI is InChI=1S/C48H86NO10P/c1-3-5-7-9-11-13-15-17-19-21-22-24-25-27-29-31-33-35-37-39-46(50)56-41-44(42-57-60(54,55)58-43-45(49)48(52)53)59-47(51)40-38-36-34-32-30-28-26-23-20-18-16-14-12-10-8-6-4-2/h11-14,17-20,44-45H,3-10,15-16,21-43,49H2,1-2H3,(H,52,53)(H,54,55)/b13-11-,14-12-,19-17-,20-18-/t44-,45+/m1/s1. The van der Waals surface area contributed by atoms with Crippen molar-refractivity contribution in [3.63, 3.8) is 0 Å². The highest BCUT2D eigenvalue weighted by Gasteiger charge is 2.28. The first-order valence-electron chi connectivity index (χ1n) is 23.7. The number of allylic oxidation sites excluding steroid dienone is 8. The van der Waals surface area contributed by atoms with Gasteiger partial charge in [-0.1, -0.05) is 165 Å². The maximum absolute atomic E-state index is 12.7. The minimum absolute atomic E-state index is 0.151. The molecule has 0 radical (unpaired) electrons. The highest BCUT2D eigenvalue weighted by molar-refractivity contribution is 7.47. The van der Waals surface area contributed by atoms with Gasteiger partial charge in [0.2, 0.25) is 0 Å². The molecule has 0 aliphatic heterocycles. The monoisotopic (exact) mass is 868 g/mol. The molecule has 0 saturated carbocycles. The molecule has 0 aromatic heterocycles. The smallest absolute Gasteiger partial charge is 0.472 e. The van der Waals surface area contributed by atoms with E-state index in [0.29, 0.717) is 12.8 Å². The lowest BCUT2D eigenvalue weighted by Gasteiger charge is -2.20. The van der Waals surface area contributed by atoms with Crippen molar-refractivity contribution in [3.05, 3.63) is 48.6 Å². The maximum atomic E-state index is 12.7. The molecule has 0 amide bonds. The summed E-state index contributed by atoms with van der Waals surface area (Å²) in [6.45, 7) is 2.75. The fraction of sp³-hybridized carbons (Fsp3) is 0.771. The average molecular weight is 868 g/mol. The van der Waals surface area contributed by atoms with Gasteiger partial charge in [-0.2, -0.15) is 0 Å². The number of phosphoric acid groups is 1. The molecular weight excluding hydrogens is 781 g/mol. The van der Waals surface area contributed by atoms with Gasteiger partial charge >= 0.3 is 25.7 Å². The van der Waals surface area contributed by atoms with E-state index in [1.54, 1.807) is 0 Å². The average Bonchev–Trinajstić information content (AvgIpc) is 3.22. The molecule has 0 aliphatic rings. The number of ether oxygens (including phenoxy) is 2. The topological polar surface area (TPSA) is 172 Å². The number of esters is 2. The van der Waals surface area contributed by atoms with Crippen LogP contribution in [0.5, 0.6) is 0 Å². The molecule has 3 atom stereocenters. The van der Waals surface area contributed by atoms with Gasteiger partial charge in [0.15, 0.2) is 6.10 Å². The Balaban J connectivity index is 4.32. The number of phosphoric ester groups is 1. The second kappa shape index (κ2) is 43.1. The van der Waals surface area contributed by atoms with E-state index in [2.05, 4.69) is 67.0 Å². The van der Waals surface area contributed by atoms with Gasteiger partial charge in [0.1, 0.15) is 12.6 Å². The summed E-state index contributed by atoms with van der Waals surface area (Å²) in [6.07, 6.45) is 48.8. The highest BCUT2D eigenvalue weighted by atomic mass is 31.2. The summed E-state index contributed by atoms with van der Waals surface area (Å²) in [5.41, 5.74) is 5.34. The third-order valence-electron chi connectivity index (χ3n) is 10.0. The number of carbonyl (C=O) groups excluding carboxylic acids is 2. The highest BCUT2D eigenvalue weighted by Crippen LogP contribution is 2.43. The third kappa shape index (κ3) is 42.1. The van der Waals surface area contributed by atoms with E-state index in [-0.39, 0.29) is 19.4 Å². The molecule has 0 aromatic carbocycles. The first-order chi connectivity index (χ1) is 29.1. The lowest BCUT2D eigenvalue weighted by atomic mass is 10.1. The molecule has 4 N–H and O–H groups in total. The van der Waals surface area contributed by atoms with Crippen molar-refractivity contribution in [1.29, 1.82) is 0 Å². The number of aliphatic carboxylic acids is 1. The minimum atomic E-state index is -4.72. The summed E-state index contributed by atoms with van der Waals surface area (Å²) in [5.74, 6) is -2.39. The number of hydrogen-bond donors (Lipinski definition) is 3. The molecule has 0 spiro atoms. The van der Waals surface area contributed by atoms with Crippen molar-refractivity contribution >= 4 is 25.7 Å². The Labute approximate surface area is 365 Å². The van der Waals surface area contributed by atoms with Crippen LogP contribution in [0.2, 0.25) is 0 Å². The Morgan fingerprint density at radius 2 is 0.883 bits per heavy atom. The van der Waals surface area contributed by atoms with Gasteiger partial charge in [-0.25, -0.2) is 4.57 Å². The van der Waals surface area contributed by atoms with Crippen molar-refractivity contribution in [2.24, 2.45) is 5.73 Å². The van der Waals surface area contributed by atoms with Crippen LogP contribution in [0.1, 0.15) is 206 Å². The zero-order chi connectivity index (χ0) is 44.2. The summed E-state index contributed by atoms with van der Waals surface area (Å²) in [7, 11) is -4.72. The largest absolute Gasteiger partial charge is 0.480 e. The molecule has 0 fully saturated rings. The molecule has 12 heteroatoms. The molecule has 11 nitrogen and oxygen atoms in total. The quantitative estimate of drug-likeness (QED) is 0.0230. The number of rotatable bonds is 44. The zero-order valence-electron chi connectivity index (χ0n) is 37.8. The van der Waals surface area contributed by atoms with Crippen LogP contribution in [-0.2, 0) is 37.5 Å². The third-order valence-corrected chi connectivity index (χ3v) is 11.0. The SMILES string of the molecule is CCCCC/C=C\C/C=C\CCCCCCCCCCCC(=O)OC[C@H](COP(=O)(O)OC[C@H](N)C(=O)O)OC(=O)CCCCCCCCC/C=C\C/C=C\CCCCC. The number of carbonyl (C=O) groups is 3. The number of carboxylic acid groups (broad SMARTS) is 1. The van der Waals surface area contributed by atoms with Gasteiger partial charge in [0.25, 0.3) is 0 Å². The molecular formula is C48H86NO10P. The predicted molar refractivity (Wildman–Crippen MR) is 245 cm³/mol. The van der Waals surface area contributed by atoms with E-state index < -0.39 is 51.1 Å². The second-order valence-electron chi connectivity index (χ2n) is 15.9. The summed E-state index contributed by atoms with van der Waals surface area (Å²) >= 11 is 0. The van der Waals surface area contributed by atoms with Crippen molar-refractivity contribution in [2.45, 2.75) is 219 Å². The fourth-order valence-corrected chi connectivity index (χ4v) is 7.08. The van der Waals surface area contributed by atoms with E-state index in [1.165, 1.54) is 96.3 Å². The maximum Gasteiger partial charge on any atom is 0.472 e. The summed E-state index contributed by atoms with van der Waals surface area (Å²) in [6, 6.07) is -1.52. The van der Waals surface area contributed by atoms with Crippen molar-refractivity contribution in [2.75, 3.05) is 19.8 Å². The van der Waals surface area contributed by atoms with Crippen molar-refractivity contribution in [1.82, 2.24) is 0 Å². The van der Waals surface area contributed by atoms with Crippen LogP contribution in [-0.4, -0.2) is 59.9 Å². The van der Waals surface area contributed by atoms with Gasteiger partial charge in [-0.3, -0.25) is 23.4 Å². The molecule has 0 bridgehead atoms. The van der Waals surface area contributed by atoms with Crippen molar-refractivity contribution < 1.29 is 47.5 Å². The lowest BCUT2D eigenvalue weighted by molar-refractivity contribution is -0.161. The van der Waals surface area contributed by atoms with Gasteiger partial charge in [0.05, 0.1) is 13.2 Å². The molecule has 0 heterocycles. The molecule has 348 valence electrons. The van der Waals surface area contributed by atoms with Crippen LogP contribution >= 0.6 is 7.82 Å². The van der Waals surface area contributed by atoms with E-state index >= 15 is 0 Å². The Bertz CT molecular complexity index is 1200. The van der Waals surface area contributed by atoms with Crippen LogP contribution in [0.4, 0.5) is 0 Å². The van der Waals surface area contributed by atoms with Gasteiger partial charge in [0, 0.05) is 12.8 Å². The molecule has 0 rings (SSSR count). The second-order valence-corrected chi connectivity index (χ2v) is 17.3. The van der Waals surface area contributed by atoms with E-state index in [4.69, 9.17) is 24.8 Å². The Morgan fingerprint density at radius 3 is 1.30 bits per heavy atom. The van der Waals surface area contributed by atoms with Crippen LogP contribution in [0, 0.1) is 0 Å². The molecule has 60 heavy (non-hydrogen) atoms. The van der Waals surface area contributed by atoms with Crippen molar-refractivity contribution in [3.8, 4) is 0 Å². The van der Waals surface area contributed by atoms with Gasteiger partial charge in [-0.05, 0) is 77.0 Å².